The third-order valence-corrected chi connectivity index (χ3v) is 2.08. The van der Waals surface area contributed by atoms with Crippen molar-refractivity contribution in [2.75, 3.05) is 13.1 Å². The van der Waals surface area contributed by atoms with E-state index in [0.29, 0.717) is 11.5 Å². The quantitative estimate of drug-likeness (QED) is 0.411. The van der Waals surface area contributed by atoms with Crippen molar-refractivity contribution < 1.29 is 0 Å². The molecule has 0 unspecified atom stereocenters. The molecule has 3 N–H and O–H groups in total. The van der Waals surface area contributed by atoms with Crippen LogP contribution in [0.1, 0.15) is 0 Å². The summed E-state index contributed by atoms with van der Waals surface area (Å²) >= 11 is 0. The van der Waals surface area contributed by atoms with Crippen molar-refractivity contribution in [3.05, 3.63) is 12.2 Å². The number of nitrogens with two attached hydrogens (primary N) is 1. The normalized spacial score (nSPS) is 38.9. The van der Waals surface area contributed by atoms with Crippen LogP contribution in [0, 0.1) is 5.41 Å². The Hall–Kier alpha value is -0.340. The Morgan fingerprint density at radius 2 is 2.38 bits per heavy atom. The van der Waals surface area contributed by atoms with Gasteiger partial charge in [-0.1, -0.05) is 12.2 Å². The molecule has 0 aromatic carbocycles. The van der Waals surface area contributed by atoms with Crippen LogP contribution < -0.4 is 11.1 Å². The van der Waals surface area contributed by atoms with Crippen LogP contribution in [0.4, 0.5) is 0 Å². The first-order chi connectivity index (χ1) is 3.83. The highest BCUT2D eigenvalue weighted by Gasteiger charge is 2.43. The zero-order valence-electron chi connectivity index (χ0n) is 4.72. The monoisotopic (exact) mass is 110 g/mol. The predicted molar refractivity (Wildman–Crippen MR) is 32.4 cm³/mol. The highest BCUT2D eigenvalue weighted by molar-refractivity contribution is 5.33. The standard InChI is InChI=1S/C6H10N2/c7-5-3-8-4-6(5)1-2-6/h1-2,5,8H,3-4,7H2/t5-/m0/s1. The molecule has 0 saturated carbocycles. The van der Waals surface area contributed by atoms with Crippen LogP contribution in [-0.4, -0.2) is 19.1 Å². The Morgan fingerprint density at radius 3 is 2.62 bits per heavy atom. The third-order valence-electron chi connectivity index (χ3n) is 2.08. The summed E-state index contributed by atoms with van der Waals surface area (Å²) in [4.78, 5) is 0. The number of hydrogen-bond donors (Lipinski definition) is 2. The summed E-state index contributed by atoms with van der Waals surface area (Å²) in [7, 11) is 0. The van der Waals surface area contributed by atoms with Gasteiger partial charge in [-0.25, -0.2) is 0 Å². The van der Waals surface area contributed by atoms with Crippen molar-refractivity contribution >= 4 is 0 Å². The molecule has 2 aliphatic rings. The van der Waals surface area contributed by atoms with Gasteiger partial charge in [0.1, 0.15) is 0 Å². The second-order valence-corrected chi connectivity index (χ2v) is 2.68. The molecule has 0 radical (unpaired) electrons. The minimum Gasteiger partial charge on any atom is -0.326 e. The van der Waals surface area contributed by atoms with Crippen LogP contribution in [0.25, 0.3) is 0 Å². The molecule has 1 heterocycles. The van der Waals surface area contributed by atoms with Gasteiger partial charge in [0.2, 0.25) is 0 Å². The fourth-order valence-electron chi connectivity index (χ4n) is 1.24. The lowest BCUT2D eigenvalue weighted by Gasteiger charge is -2.09. The smallest absolute Gasteiger partial charge is 0.0351 e. The molecule has 1 aliphatic heterocycles. The molecule has 2 rings (SSSR count). The highest BCUT2D eigenvalue weighted by Crippen LogP contribution is 2.39. The van der Waals surface area contributed by atoms with E-state index in [2.05, 4.69) is 17.5 Å². The average molecular weight is 110 g/mol. The molecule has 44 valence electrons. The van der Waals surface area contributed by atoms with E-state index >= 15 is 0 Å². The maximum absolute atomic E-state index is 5.75. The van der Waals surface area contributed by atoms with E-state index in [0.717, 1.165) is 13.1 Å². The number of nitrogens with one attached hydrogen (secondary N) is 1. The van der Waals surface area contributed by atoms with Gasteiger partial charge in [0.15, 0.2) is 0 Å². The molecule has 0 aromatic heterocycles. The summed E-state index contributed by atoms with van der Waals surface area (Å²) in [5.74, 6) is 0. The van der Waals surface area contributed by atoms with Crippen molar-refractivity contribution in [3.8, 4) is 0 Å². The number of hydrogen-bond acceptors (Lipinski definition) is 2. The van der Waals surface area contributed by atoms with E-state index in [1.165, 1.54) is 0 Å². The largest absolute Gasteiger partial charge is 0.326 e. The third kappa shape index (κ3) is 0.394. The zero-order valence-corrected chi connectivity index (χ0v) is 4.72. The van der Waals surface area contributed by atoms with Crippen LogP contribution in [0.15, 0.2) is 12.2 Å². The van der Waals surface area contributed by atoms with Crippen molar-refractivity contribution in [3.63, 3.8) is 0 Å². The first kappa shape index (κ1) is 4.53. The highest BCUT2D eigenvalue weighted by atomic mass is 15.0. The summed E-state index contributed by atoms with van der Waals surface area (Å²) in [6, 6.07) is 0.350. The van der Waals surface area contributed by atoms with Crippen molar-refractivity contribution in [2.24, 2.45) is 11.1 Å². The molecule has 0 aromatic rings. The summed E-state index contributed by atoms with van der Waals surface area (Å²) in [6.07, 6.45) is 4.38. The maximum atomic E-state index is 5.75. The first-order valence-electron chi connectivity index (χ1n) is 3.00. The van der Waals surface area contributed by atoms with Gasteiger partial charge in [-0.15, -0.1) is 0 Å². The van der Waals surface area contributed by atoms with E-state index in [1.54, 1.807) is 0 Å². The fraction of sp³-hybridized carbons (Fsp3) is 0.667. The lowest BCUT2D eigenvalue weighted by atomic mass is 9.99. The first-order valence-corrected chi connectivity index (χ1v) is 3.00. The topological polar surface area (TPSA) is 38.0 Å². The van der Waals surface area contributed by atoms with E-state index < -0.39 is 0 Å². The summed E-state index contributed by atoms with van der Waals surface area (Å²) < 4.78 is 0. The van der Waals surface area contributed by atoms with Crippen molar-refractivity contribution in [1.29, 1.82) is 0 Å². The Kier molecular flexibility index (Phi) is 0.648. The Bertz CT molecular complexity index is 133. The lowest BCUT2D eigenvalue weighted by Crippen LogP contribution is -2.30. The van der Waals surface area contributed by atoms with Crippen molar-refractivity contribution in [2.45, 2.75) is 6.04 Å². The van der Waals surface area contributed by atoms with E-state index in [-0.39, 0.29) is 0 Å². The van der Waals surface area contributed by atoms with E-state index in [4.69, 9.17) is 5.73 Å². The molecular formula is C6H10N2. The molecule has 1 saturated heterocycles. The molecule has 1 atom stereocenters. The van der Waals surface area contributed by atoms with Crippen LogP contribution in [0.3, 0.4) is 0 Å². The van der Waals surface area contributed by atoms with Gasteiger partial charge in [-0.2, -0.15) is 0 Å². The molecule has 2 heteroatoms. The van der Waals surface area contributed by atoms with Gasteiger partial charge in [0.05, 0.1) is 0 Å². The molecule has 2 nitrogen and oxygen atoms in total. The molecular weight excluding hydrogens is 100 g/mol. The molecule has 1 spiro atoms. The molecule has 0 bridgehead atoms. The Morgan fingerprint density at radius 1 is 1.62 bits per heavy atom. The summed E-state index contributed by atoms with van der Waals surface area (Å²) in [6.45, 7) is 2.04. The SMILES string of the molecule is N[C@H]1CNCC12C=C2. The van der Waals surface area contributed by atoms with Crippen LogP contribution in [0.5, 0.6) is 0 Å². The van der Waals surface area contributed by atoms with Gasteiger partial charge >= 0.3 is 0 Å². The summed E-state index contributed by atoms with van der Waals surface area (Å²) in [5, 5.41) is 3.24. The van der Waals surface area contributed by atoms with Crippen LogP contribution in [0.2, 0.25) is 0 Å². The molecule has 1 fully saturated rings. The summed E-state index contributed by atoms with van der Waals surface area (Å²) in [5.41, 5.74) is 6.07. The Labute approximate surface area is 48.8 Å². The Balaban J connectivity index is 2.14. The lowest BCUT2D eigenvalue weighted by molar-refractivity contribution is 0.552. The van der Waals surface area contributed by atoms with E-state index in [9.17, 15) is 0 Å². The van der Waals surface area contributed by atoms with Gasteiger partial charge in [-0.05, 0) is 0 Å². The molecule has 8 heavy (non-hydrogen) atoms. The minimum atomic E-state index is 0.319. The van der Waals surface area contributed by atoms with Crippen LogP contribution in [-0.2, 0) is 0 Å². The zero-order chi connectivity index (χ0) is 5.61. The number of rotatable bonds is 0. The van der Waals surface area contributed by atoms with Gasteiger partial charge in [-0.3, -0.25) is 0 Å². The minimum absolute atomic E-state index is 0.319. The van der Waals surface area contributed by atoms with Gasteiger partial charge in [0, 0.05) is 24.5 Å². The average Bonchev–Trinajstić information content (AvgIpc) is 2.39. The second kappa shape index (κ2) is 1.14. The van der Waals surface area contributed by atoms with Crippen molar-refractivity contribution in [1.82, 2.24) is 5.32 Å². The second-order valence-electron chi connectivity index (χ2n) is 2.68. The maximum Gasteiger partial charge on any atom is 0.0351 e. The molecule has 0 amide bonds. The fourth-order valence-corrected chi connectivity index (χ4v) is 1.24. The predicted octanol–water partition coefficient (Wildman–Crippen LogP) is -0.527. The van der Waals surface area contributed by atoms with Gasteiger partial charge < -0.3 is 11.1 Å². The molecule has 1 aliphatic carbocycles. The van der Waals surface area contributed by atoms with Crippen LogP contribution >= 0.6 is 0 Å². The van der Waals surface area contributed by atoms with E-state index in [1.807, 2.05) is 0 Å². The van der Waals surface area contributed by atoms with Gasteiger partial charge in [0.25, 0.3) is 0 Å².